The van der Waals surface area contributed by atoms with Crippen molar-refractivity contribution in [1.29, 1.82) is 0 Å². The maximum absolute atomic E-state index is 12.9. The number of amides is 3. The van der Waals surface area contributed by atoms with Gasteiger partial charge in [-0.3, -0.25) is 14.4 Å². The molecule has 1 aromatic carbocycles. The summed E-state index contributed by atoms with van der Waals surface area (Å²) >= 11 is 0. The van der Waals surface area contributed by atoms with Crippen molar-refractivity contribution in [3.05, 3.63) is 35.4 Å². The molecule has 0 bridgehead atoms. The molecule has 30 heavy (non-hydrogen) atoms. The molecule has 1 atom stereocenters. The first-order valence-electron chi connectivity index (χ1n) is 10.1. The van der Waals surface area contributed by atoms with Crippen LogP contribution in [-0.2, 0) is 27.1 Å². The van der Waals surface area contributed by atoms with Crippen LogP contribution >= 0.6 is 0 Å². The van der Waals surface area contributed by atoms with Crippen LogP contribution in [0.25, 0.3) is 0 Å². The Morgan fingerprint density at radius 1 is 1.10 bits per heavy atom. The average molecular weight is 425 g/mol. The summed E-state index contributed by atoms with van der Waals surface area (Å²) in [5.41, 5.74) is -0.375. The van der Waals surface area contributed by atoms with Gasteiger partial charge in [0.15, 0.2) is 0 Å². The molecule has 3 rings (SSSR count). The summed E-state index contributed by atoms with van der Waals surface area (Å²) in [5.74, 6) is -0.906. The second-order valence-electron chi connectivity index (χ2n) is 8.18. The minimum atomic E-state index is -4.44. The van der Waals surface area contributed by atoms with E-state index >= 15 is 0 Å². The maximum atomic E-state index is 12.9. The lowest BCUT2D eigenvalue weighted by atomic mass is 10.1. The molecule has 2 heterocycles. The van der Waals surface area contributed by atoms with Gasteiger partial charge in [-0.05, 0) is 17.7 Å². The number of halogens is 3. The third-order valence-corrected chi connectivity index (χ3v) is 5.59. The summed E-state index contributed by atoms with van der Waals surface area (Å²) in [6, 6.07) is 4.89. The Hall–Kier alpha value is -2.58. The van der Waals surface area contributed by atoms with Crippen LogP contribution in [0.2, 0.25) is 0 Å². The molecule has 2 aliphatic heterocycles. The van der Waals surface area contributed by atoms with Crippen LogP contribution in [0.1, 0.15) is 31.4 Å². The van der Waals surface area contributed by atoms with Crippen molar-refractivity contribution in [2.24, 2.45) is 11.8 Å². The van der Waals surface area contributed by atoms with E-state index in [4.69, 9.17) is 0 Å². The number of hydrogen-bond donors (Lipinski definition) is 0. The van der Waals surface area contributed by atoms with Crippen LogP contribution in [0.15, 0.2) is 24.3 Å². The van der Waals surface area contributed by atoms with Crippen molar-refractivity contribution in [2.45, 2.75) is 33.0 Å². The number of carbonyl (C=O) groups excluding carboxylic acids is 3. The zero-order chi connectivity index (χ0) is 22.1. The average Bonchev–Trinajstić information content (AvgIpc) is 3.06. The highest BCUT2D eigenvalue weighted by molar-refractivity contribution is 5.89. The highest BCUT2D eigenvalue weighted by atomic mass is 19.4. The van der Waals surface area contributed by atoms with Crippen LogP contribution in [0, 0.1) is 11.8 Å². The highest BCUT2D eigenvalue weighted by Crippen LogP contribution is 2.30. The number of alkyl halides is 3. The highest BCUT2D eigenvalue weighted by Gasteiger charge is 2.38. The number of rotatable bonds is 4. The predicted octanol–water partition coefficient (Wildman–Crippen LogP) is 2.38. The van der Waals surface area contributed by atoms with Crippen molar-refractivity contribution in [3.63, 3.8) is 0 Å². The number of carbonyl (C=O) groups is 3. The van der Waals surface area contributed by atoms with Gasteiger partial charge in [-0.15, -0.1) is 0 Å². The minimum absolute atomic E-state index is 0.0448. The molecule has 1 unspecified atom stereocenters. The van der Waals surface area contributed by atoms with Gasteiger partial charge in [-0.1, -0.05) is 26.0 Å². The predicted molar refractivity (Wildman–Crippen MR) is 103 cm³/mol. The van der Waals surface area contributed by atoms with Crippen LogP contribution in [0.5, 0.6) is 0 Å². The number of benzene rings is 1. The lowest BCUT2D eigenvalue weighted by Crippen LogP contribution is -2.53. The summed E-state index contributed by atoms with van der Waals surface area (Å²) in [6.45, 7) is 5.70. The standard InChI is InChI=1S/C21H26F3N3O3/c1-14(2)19(29)25-6-8-26(9-7-25)20(30)16-11-18(28)27(13-16)12-15-4-3-5-17(10-15)21(22,23)24/h3-5,10,14,16H,6-9,11-13H2,1-2H3. The van der Waals surface area contributed by atoms with Crippen molar-refractivity contribution in [1.82, 2.24) is 14.7 Å². The van der Waals surface area contributed by atoms with Crippen LogP contribution < -0.4 is 0 Å². The van der Waals surface area contributed by atoms with Gasteiger partial charge in [0.1, 0.15) is 0 Å². The number of hydrogen-bond acceptors (Lipinski definition) is 3. The number of piperazine rings is 1. The first-order valence-corrected chi connectivity index (χ1v) is 10.1. The molecule has 164 valence electrons. The second-order valence-corrected chi connectivity index (χ2v) is 8.18. The quantitative estimate of drug-likeness (QED) is 0.744. The van der Waals surface area contributed by atoms with Crippen molar-refractivity contribution in [3.8, 4) is 0 Å². The molecular formula is C21H26F3N3O3. The molecule has 2 saturated heterocycles. The van der Waals surface area contributed by atoms with Crippen LogP contribution in [0.4, 0.5) is 13.2 Å². The summed E-state index contributed by atoms with van der Waals surface area (Å²) in [7, 11) is 0. The molecule has 6 nitrogen and oxygen atoms in total. The molecule has 3 amide bonds. The van der Waals surface area contributed by atoms with Gasteiger partial charge in [-0.2, -0.15) is 13.2 Å². The molecule has 0 spiro atoms. The molecule has 2 fully saturated rings. The van der Waals surface area contributed by atoms with E-state index in [1.807, 2.05) is 13.8 Å². The lowest BCUT2D eigenvalue weighted by molar-refractivity contribution is -0.143. The topological polar surface area (TPSA) is 60.9 Å². The summed E-state index contributed by atoms with van der Waals surface area (Å²) in [5, 5.41) is 0. The van der Waals surface area contributed by atoms with E-state index in [0.29, 0.717) is 31.7 Å². The van der Waals surface area contributed by atoms with E-state index in [1.165, 1.54) is 11.0 Å². The molecule has 2 aliphatic rings. The Morgan fingerprint density at radius 3 is 2.33 bits per heavy atom. The molecule has 9 heteroatoms. The van der Waals surface area contributed by atoms with Gasteiger partial charge >= 0.3 is 6.18 Å². The third-order valence-electron chi connectivity index (χ3n) is 5.59. The first-order chi connectivity index (χ1) is 14.1. The van der Waals surface area contributed by atoms with Gasteiger partial charge in [-0.25, -0.2) is 0 Å². The first kappa shape index (κ1) is 22.1. The van der Waals surface area contributed by atoms with Crippen LogP contribution in [0.3, 0.4) is 0 Å². The fraction of sp³-hybridized carbons (Fsp3) is 0.571. The molecular weight excluding hydrogens is 399 g/mol. The lowest BCUT2D eigenvalue weighted by Gasteiger charge is -2.36. The van der Waals surface area contributed by atoms with Gasteiger partial charge in [0, 0.05) is 51.6 Å². The van der Waals surface area contributed by atoms with E-state index < -0.39 is 17.7 Å². The maximum Gasteiger partial charge on any atom is 0.416 e. The van der Waals surface area contributed by atoms with Gasteiger partial charge in [0.2, 0.25) is 17.7 Å². The fourth-order valence-corrected chi connectivity index (χ4v) is 3.93. The molecule has 1 aromatic rings. The Kier molecular flexibility index (Phi) is 6.38. The SMILES string of the molecule is CC(C)C(=O)N1CCN(C(=O)C2CC(=O)N(Cc3cccc(C(F)(F)F)c3)C2)CC1. The zero-order valence-corrected chi connectivity index (χ0v) is 17.1. The number of likely N-dealkylation sites (tertiary alicyclic amines) is 1. The fourth-order valence-electron chi connectivity index (χ4n) is 3.93. The van der Waals surface area contributed by atoms with E-state index in [1.54, 1.807) is 15.9 Å². The van der Waals surface area contributed by atoms with Crippen LogP contribution in [-0.4, -0.2) is 65.1 Å². The largest absolute Gasteiger partial charge is 0.416 e. The van der Waals surface area contributed by atoms with Gasteiger partial charge < -0.3 is 14.7 Å². The van der Waals surface area contributed by atoms with E-state index in [-0.39, 0.29) is 43.1 Å². The Balaban J connectivity index is 1.57. The van der Waals surface area contributed by atoms with E-state index in [2.05, 4.69) is 0 Å². The molecule has 0 saturated carbocycles. The van der Waals surface area contributed by atoms with Crippen molar-refractivity contribution < 1.29 is 27.6 Å². The Labute approximate surface area is 173 Å². The van der Waals surface area contributed by atoms with E-state index in [0.717, 1.165) is 12.1 Å². The normalized spacial score (nSPS) is 20.3. The summed E-state index contributed by atoms with van der Waals surface area (Å²) in [6.07, 6.45) is -4.38. The van der Waals surface area contributed by atoms with Crippen molar-refractivity contribution in [2.75, 3.05) is 32.7 Å². The Morgan fingerprint density at radius 2 is 1.73 bits per heavy atom. The second kappa shape index (κ2) is 8.65. The number of nitrogens with zero attached hydrogens (tertiary/aromatic N) is 3. The van der Waals surface area contributed by atoms with Gasteiger partial charge in [0.05, 0.1) is 11.5 Å². The summed E-state index contributed by atoms with van der Waals surface area (Å²) in [4.78, 5) is 42.1. The molecule has 0 N–H and O–H groups in total. The minimum Gasteiger partial charge on any atom is -0.339 e. The molecule has 0 radical (unpaired) electrons. The summed E-state index contributed by atoms with van der Waals surface area (Å²) < 4.78 is 38.7. The third kappa shape index (κ3) is 4.94. The zero-order valence-electron chi connectivity index (χ0n) is 17.1. The Bertz CT molecular complexity index is 817. The molecule has 0 aliphatic carbocycles. The van der Waals surface area contributed by atoms with E-state index in [9.17, 15) is 27.6 Å². The molecule has 0 aromatic heterocycles. The smallest absolute Gasteiger partial charge is 0.339 e. The van der Waals surface area contributed by atoms with Crippen molar-refractivity contribution >= 4 is 17.7 Å². The van der Waals surface area contributed by atoms with Gasteiger partial charge in [0.25, 0.3) is 0 Å². The monoisotopic (exact) mass is 425 g/mol.